The van der Waals surface area contributed by atoms with Gasteiger partial charge in [0.1, 0.15) is 0 Å². The number of pyridine rings is 1. The van der Waals surface area contributed by atoms with Crippen molar-refractivity contribution >= 4 is 36.5 Å². The summed E-state index contributed by atoms with van der Waals surface area (Å²) in [5.74, 6) is -0.289. The van der Waals surface area contributed by atoms with Gasteiger partial charge >= 0.3 is 5.97 Å². The van der Waals surface area contributed by atoms with Crippen molar-refractivity contribution in [1.29, 1.82) is 0 Å². The van der Waals surface area contributed by atoms with Gasteiger partial charge in [0.15, 0.2) is 0 Å². The third kappa shape index (κ3) is 3.68. The zero-order valence-corrected chi connectivity index (χ0v) is 15.5. The Balaban J connectivity index is 2.77. The monoisotopic (exact) mass is 335 g/mol. The fraction of sp³-hybridized carbons (Fsp3) is 0.412. The van der Waals surface area contributed by atoms with Gasteiger partial charge in [0.2, 0.25) is 0 Å². The van der Waals surface area contributed by atoms with Gasteiger partial charge in [-0.25, -0.2) is 4.79 Å². The Bertz CT molecular complexity index is 723. The van der Waals surface area contributed by atoms with Crippen LogP contribution in [0.25, 0.3) is 10.9 Å². The number of ether oxygens (including phenoxy) is 1. The first kappa shape index (κ1) is 17.0. The van der Waals surface area contributed by atoms with Crippen LogP contribution >= 0.6 is 11.6 Å². The van der Waals surface area contributed by atoms with Crippen molar-refractivity contribution in [3.8, 4) is 0 Å². The second-order valence-electron chi connectivity index (χ2n) is 6.67. The van der Waals surface area contributed by atoms with Crippen molar-refractivity contribution < 1.29 is 9.53 Å². The second kappa shape index (κ2) is 6.38. The summed E-state index contributed by atoms with van der Waals surface area (Å²) in [5, 5.41) is 1.62. The lowest BCUT2D eigenvalue weighted by Gasteiger charge is -2.21. The number of aryl methyl sites for hydroxylation is 1. The van der Waals surface area contributed by atoms with Gasteiger partial charge < -0.3 is 4.74 Å². The molecule has 0 spiro atoms. The molecular formula is C17H22ClNO2Si. The molecule has 1 aromatic heterocycles. The maximum absolute atomic E-state index is 12.4. The zero-order valence-electron chi connectivity index (χ0n) is 13.8. The number of hydrogen-bond donors (Lipinski definition) is 0. The van der Waals surface area contributed by atoms with Crippen molar-refractivity contribution in [2.75, 3.05) is 6.61 Å². The van der Waals surface area contributed by atoms with Crippen LogP contribution in [0.2, 0.25) is 24.7 Å². The number of carbonyl (C=O) groups excluding carboxylic acids is 1. The molecule has 1 heterocycles. The van der Waals surface area contributed by atoms with Crippen molar-refractivity contribution in [2.45, 2.75) is 39.5 Å². The van der Waals surface area contributed by atoms with E-state index in [1.165, 1.54) is 0 Å². The molecule has 0 amide bonds. The molecule has 0 atom stereocenters. The number of hydrogen-bond acceptors (Lipinski definition) is 3. The lowest BCUT2D eigenvalue weighted by molar-refractivity contribution is 0.0524. The summed E-state index contributed by atoms with van der Waals surface area (Å²) in [4.78, 5) is 17.0. The minimum Gasteiger partial charge on any atom is -0.462 e. The zero-order chi connectivity index (χ0) is 16.5. The molecule has 0 radical (unpaired) electrons. The Kier molecular flexibility index (Phi) is 4.92. The van der Waals surface area contributed by atoms with Crippen LogP contribution in [0.3, 0.4) is 0 Å². The molecule has 2 aromatic rings. The SMILES string of the molecule is CCOC(=O)c1c(C)nc2ccc(Cl)cc2c1C[Si](C)(C)C. The first-order valence-electron chi connectivity index (χ1n) is 7.49. The van der Waals surface area contributed by atoms with E-state index < -0.39 is 8.07 Å². The summed E-state index contributed by atoms with van der Waals surface area (Å²) in [6, 6.07) is 6.54. The number of benzene rings is 1. The van der Waals surface area contributed by atoms with E-state index in [4.69, 9.17) is 16.3 Å². The first-order valence-corrected chi connectivity index (χ1v) is 11.6. The molecule has 0 aliphatic rings. The van der Waals surface area contributed by atoms with Crippen LogP contribution in [0, 0.1) is 6.92 Å². The van der Waals surface area contributed by atoms with Crippen LogP contribution in [-0.2, 0) is 10.8 Å². The summed E-state index contributed by atoms with van der Waals surface area (Å²) in [5.41, 5.74) is 3.24. The van der Waals surface area contributed by atoms with Crippen LogP contribution in [0.1, 0.15) is 28.5 Å². The highest BCUT2D eigenvalue weighted by Gasteiger charge is 2.24. The normalized spacial score (nSPS) is 11.7. The number of halogens is 1. The van der Waals surface area contributed by atoms with Gasteiger partial charge in [-0.15, -0.1) is 0 Å². The average Bonchev–Trinajstić information content (AvgIpc) is 2.38. The van der Waals surface area contributed by atoms with Crippen LogP contribution in [0.4, 0.5) is 0 Å². The molecule has 0 saturated heterocycles. The molecule has 0 aliphatic heterocycles. The highest BCUT2D eigenvalue weighted by Crippen LogP contribution is 2.29. The molecule has 0 saturated carbocycles. The topological polar surface area (TPSA) is 39.2 Å². The van der Waals surface area contributed by atoms with Crippen molar-refractivity contribution in [3.05, 3.63) is 40.0 Å². The Morgan fingerprint density at radius 1 is 1.32 bits per heavy atom. The number of fused-ring (bicyclic) bond motifs is 1. The Labute approximate surface area is 137 Å². The minimum absolute atomic E-state index is 0.289. The summed E-state index contributed by atoms with van der Waals surface area (Å²) in [6.45, 7) is 10.9. The molecule has 5 heteroatoms. The van der Waals surface area contributed by atoms with E-state index in [9.17, 15) is 4.79 Å². The Morgan fingerprint density at radius 2 is 2.00 bits per heavy atom. The molecule has 2 rings (SSSR count). The number of rotatable bonds is 4. The van der Waals surface area contributed by atoms with Gasteiger partial charge in [-0.2, -0.15) is 0 Å². The van der Waals surface area contributed by atoms with Gasteiger partial charge in [-0.3, -0.25) is 4.98 Å². The van der Waals surface area contributed by atoms with Crippen molar-refractivity contribution in [2.24, 2.45) is 0 Å². The Hall–Kier alpha value is -1.39. The van der Waals surface area contributed by atoms with Crippen LogP contribution in [-0.4, -0.2) is 25.6 Å². The second-order valence-corrected chi connectivity index (χ2v) is 12.6. The highest BCUT2D eigenvalue weighted by atomic mass is 35.5. The fourth-order valence-corrected chi connectivity index (χ4v) is 4.23. The van der Waals surface area contributed by atoms with E-state index in [1.54, 1.807) is 0 Å². The molecular weight excluding hydrogens is 314 g/mol. The van der Waals surface area contributed by atoms with Crippen LogP contribution < -0.4 is 0 Å². The Morgan fingerprint density at radius 3 is 2.59 bits per heavy atom. The maximum Gasteiger partial charge on any atom is 0.340 e. The highest BCUT2D eigenvalue weighted by molar-refractivity contribution is 6.75. The van der Waals surface area contributed by atoms with Gasteiger partial charge in [0.25, 0.3) is 0 Å². The van der Waals surface area contributed by atoms with E-state index in [1.807, 2.05) is 32.0 Å². The summed E-state index contributed by atoms with van der Waals surface area (Å²) >= 11 is 6.16. The molecule has 1 aromatic carbocycles. The minimum atomic E-state index is -1.43. The number of aromatic nitrogens is 1. The van der Waals surface area contributed by atoms with Gasteiger partial charge in [0, 0.05) is 18.5 Å². The van der Waals surface area contributed by atoms with E-state index in [0.29, 0.717) is 17.2 Å². The molecule has 3 nitrogen and oxygen atoms in total. The third-order valence-corrected chi connectivity index (χ3v) is 5.07. The van der Waals surface area contributed by atoms with Crippen LogP contribution in [0.15, 0.2) is 18.2 Å². The van der Waals surface area contributed by atoms with Crippen LogP contribution in [0.5, 0.6) is 0 Å². The molecule has 0 aliphatic carbocycles. The first-order chi connectivity index (χ1) is 10.2. The van der Waals surface area contributed by atoms with Crippen molar-refractivity contribution in [3.63, 3.8) is 0 Å². The lowest BCUT2D eigenvalue weighted by Crippen LogP contribution is -2.26. The number of nitrogens with zero attached hydrogens (tertiary/aromatic N) is 1. The molecule has 0 bridgehead atoms. The predicted octanol–water partition coefficient (Wildman–Crippen LogP) is 4.79. The summed E-state index contributed by atoms with van der Waals surface area (Å²) < 4.78 is 5.25. The molecule has 0 N–H and O–H groups in total. The smallest absolute Gasteiger partial charge is 0.340 e. The lowest BCUT2D eigenvalue weighted by atomic mass is 10.0. The van der Waals surface area contributed by atoms with Gasteiger partial charge in [-0.1, -0.05) is 31.2 Å². The van der Waals surface area contributed by atoms with Gasteiger partial charge in [0.05, 0.1) is 23.4 Å². The molecule has 0 unspecified atom stereocenters. The standard InChI is InChI=1S/C17H22ClNO2Si/c1-6-21-17(20)16-11(2)19-15-8-7-12(18)9-13(15)14(16)10-22(3,4)5/h7-9H,6,10H2,1-5H3. The fourth-order valence-electron chi connectivity index (χ4n) is 2.63. The third-order valence-electron chi connectivity index (χ3n) is 3.42. The summed E-state index contributed by atoms with van der Waals surface area (Å²) in [7, 11) is -1.43. The number of esters is 1. The van der Waals surface area contributed by atoms with Gasteiger partial charge in [-0.05, 0) is 43.7 Å². The van der Waals surface area contributed by atoms with E-state index in [2.05, 4.69) is 24.6 Å². The van der Waals surface area contributed by atoms with E-state index in [0.717, 1.165) is 28.2 Å². The van der Waals surface area contributed by atoms with E-state index >= 15 is 0 Å². The average molecular weight is 336 g/mol. The largest absolute Gasteiger partial charge is 0.462 e. The quantitative estimate of drug-likeness (QED) is 0.595. The molecule has 118 valence electrons. The van der Waals surface area contributed by atoms with Crippen molar-refractivity contribution in [1.82, 2.24) is 4.98 Å². The maximum atomic E-state index is 12.4. The summed E-state index contributed by atoms with van der Waals surface area (Å²) in [6.07, 6.45) is 0. The predicted molar refractivity (Wildman–Crippen MR) is 94.5 cm³/mol. The molecule has 22 heavy (non-hydrogen) atoms. The molecule has 0 fully saturated rings. The van der Waals surface area contributed by atoms with E-state index in [-0.39, 0.29) is 5.97 Å². The number of carbonyl (C=O) groups is 1.